The van der Waals surface area contributed by atoms with Gasteiger partial charge in [-0.1, -0.05) is 54.6 Å². The number of rotatable bonds is 6. The third-order valence-corrected chi connectivity index (χ3v) is 4.94. The topological polar surface area (TPSA) is 42.0 Å². The van der Waals surface area contributed by atoms with Gasteiger partial charge in [0.1, 0.15) is 0 Å². The highest BCUT2D eigenvalue weighted by molar-refractivity contribution is 8.00. The van der Waals surface area contributed by atoms with E-state index in [4.69, 9.17) is 0 Å². The van der Waals surface area contributed by atoms with E-state index in [0.29, 0.717) is 0 Å². The predicted molar refractivity (Wildman–Crippen MR) is 102 cm³/mol. The molecule has 1 amide bonds. The van der Waals surface area contributed by atoms with Crippen molar-refractivity contribution in [2.24, 2.45) is 0 Å². The van der Waals surface area contributed by atoms with E-state index < -0.39 is 0 Å². The van der Waals surface area contributed by atoms with Gasteiger partial charge < -0.3 is 5.32 Å². The largest absolute Gasteiger partial charge is 0.343 e. The van der Waals surface area contributed by atoms with Crippen molar-refractivity contribution in [1.82, 2.24) is 10.3 Å². The number of hydrogen-bond acceptors (Lipinski definition) is 3. The van der Waals surface area contributed by atoms with Crippen LogP contribution >= 0.6 is 11.8 Å². The van der Waals surface area contributed by atoms with Crippen LogP contribution in [0.15, 0.2) is 90.0 Å². The normalized spacial score (nSPS) is 13.0. The molecule has 1 heterocycles. The third kappa shape index (κ3) is 4.70. The third-order valence-electron chi connectivity index (χ3n) is 3.83. The highest BCUT2D eigenvalue weighted by Crippen LogP contribution is 2.25. The second-order valence-corrected chi connectivity index (χ2v) is 7.09. The first-order valence-corrected chi connectivity index (χ1v) is 9.10. The standard InChI is InChI=1S/C21H20N2OS/c1-16(25-18-12-6-3-7-13-18)21(24)23-20(17-10-4-2-5-11-17)19-14-8-9-15-22-19/h2-16,20H,1H3,(H,23,24). The molecule has 0 saturated carbocycles. The smallest absolute Gasteiger partial charge is 0.234 e. The van der Waals surface area contributed by atoms with Gasteiger partial charge in [0.2, 0.25) is 5.91 Å². The number of aromatic nitrogens is 1. The lowest BCUT2D eigenvalue weighted by Gasteiger charge is -2.21. The summed E-state index contributed by atoms with van der Waals surface area (Å²) in [7, 11) is 0. The van der Waals surface area contributed by atoms with Crippen LogP contribution in [0.1, 0.15) is 24.2 Å². The van der Waals surface area contributed by atoms with Crippen molar-refractivity contribution in [2.45, 2.75) is 23.1 Å². The van der Waals surface area contributed by atoms with E-state index in [9.17, 15) is 4.79 Å². The number of nitrogens with one attached hydrogen (secondary N) is 1. The summed E-state index contributed by atoms with van der Waals surface area (Å²) in [4.78, 5) is 18.3. The minimum atomic E-state index is -0.256. The lowest BCUT2D eigenvalue weighted by atomic mass is 10.0. The zero-order valence-corrected chi connectivity index (χ0v) is 14.8. The quantitative estimate of drug-likeness (QED) is 0.668. The number of thioether (sulfide) groups is 1. The van der Waals surface area contributed by atoms with Gasteiger partial charge in [0.25, 0.3) is 0 Å². The molecule has 0 aliphatic carbocycles. The van der Waals surface area contributed by atoms with Crippen LogP contribution < -0.4 is 5.32 Å². The molecule has 1 N–H and O–H groups in total. The highest BCUT2D eigenvalue weighted by atomic mass is 32.2. The van der Waals surface area contributed by atoms with Gasteiger partial charge in [0.05, 0.1) is 17.0 Å². The molecular formula is C21H20N2OS. The summed E-state index contributed by atoms with van der Waals surface area (Å²) < 4.78 is 0. The van der Waals surface area contributed by atoms with Crippen molar-refractivity contribution in [3.8, 4) is 0 Å². The monoisotopic (exact) mass is 348 g/mol. The number of hydrogen-bond donors (Lipinski definition) is 1. The molecule has 0 spiro atoms. The highest BCUT2D eigenvalue weighted by Gasteiger charge is 2.21. The summed E-state index contributed by atoms with van der Waals surface area (Å²) >= 11 is 1.55. The SMILES string of the molecule is CC(Sc1ccccc1)C(=O)NC(c1ccccc1)c1ccccn1. The van der Waals surface area contributed by atoms with Crippen LogP contribution in [-0.4, -0.2) is 16.1 Å². The van der Waals surface area contributed by atoms with E-state index in [0.717, 1.165) is 16.2 Å². The zero-order chi connectivity index (χ0) is 17.5. The van der Waals surface area contributed by atoms with Crippen molar-refractivity contribution in [1.29, 1.82) is 0 Å². The number of carbonyl (C=O) groups is 1. The molecule has 0 saturated heterocycles. The molecule has 2 atom stereocenters. The van der Waals surface area contributed by atoms with Crippen LogP contribution in [0.2, 0.25) is 0 Å². The number of amides is 1. The van der Waals surface area contributed by atoms with Crippen LogP contribution in [-0.2, 0) is 4.79 Å². The van der Waals surface area contributed by atoms with Gasteiger partial charge in [0.15, 0.2) is 0 Å². The number of nitrogens with zero attached hydrogens (tertiary/aromatic N) is 1. The first kappa shape index (κ1) is 17.2. The van der Waals surface area contributed by atoms with Gasteiger partial charge in [0, 0.05) is 11.1 Å². The molecule has 1 aromatic heterocycles. The lowest BCUT2D eigenvalue weighted by molar-refractivity contribution is -0.120. The summed E-state index contributed by atoms with van der Waals surface area (Å²) in [5.41, 5.74) is 1.85. The summed E-state index contributed by atoms with van der Waals surface area (Å²) in [6.45, 7) is 1.92. The van der Waals surface area contributed by atoms with Gasteiger partial charge in [-0.3, -0.25) is 9.78 Å². The molecule has 3 aromatic rings. The maximum atomic E-state index is 12.7. The van der Waals surface area contributed by atoms with Gasteiger partial charge in [-0.15, -0.1) is 11.8 Å². The van der Waals surface area contributed by atoms with Gasteiger partial charge in [-0.2, -0.15) is 0 Å². The van der Waals surface area contributed by atoms with Gasteiger partial charge in [-0.25, -0.2) is 0 Å². The Hall–Kier alpha value is -2.59. The van der Waals surface area contributed by atoms with Crippen LogP contribution in [0, 0.1) is 0 Å². The first-order valence-electron chi connectivity index (χ1n) is 8.22. The van der Waals surface area contributed by atoms with Crippen molar-refractivity contribution in [3.63, 3.8) is 0 Å². The molecular weight excluding hydrogens is 328 g/mol. The van der Waals surface area contributed by atoms with Crippen molar-refractivity contribution >= 4 is 17.7 Å². The maximum absolute atomic E-state index is 12.7. The van der Waals surface area contributed by atoms with E-state index in [1.807, 2.05) is 85.8 Å². The van der Waals surface area contributed by atoms with Crippen LogP contribution in [0.25, 0.3) is 0 Å². The molecule has 25 heavy (non-hydrogen) atoms. The molecule has 126 valence electrons. The predicted octanol–water partition coefficient (Wildman–Crippen LogP) is 4.47. The molecule has 2 unspecified atom stereocenters. The van der Waals surface area contributed by atoms with E-state index in [2.05, 4.69) is 10.3 Å². The van der Waals surface area contributed by atoms with E-state index in [1.165, 1.54) is 0 Å². The second-order valence-electron chi connectivity index (χ2n) is 5.68. The van der Waals surface area contributed by atoms with Crippen molar-refractivity contribution < 1.29 is 4.79 Å². The minimum Gasteiger partial charge on any atom is -0.343 e. The Labute approximate surface area is 152 Å². The van der Waals surface area contributed by atoms with Crippen LogP contribution in [0.3, 0.4) is 0 Å². The van der Waals surface area contributed by atoms with Crippen molar-refractivity contribution in [3.05, 3.63) is 96.3 Å². The Morgan fingerprint density at radius 2 is 1.56 bits per heavy atom. The van der Waals surface area contributed by atoms with Gasteiger partial charge >= 0.3 is 0 Å². The lowest BCUT2D eigenvalue weighted by Crippen LogP contribution is -2.35. The molecule has 3 nitrogen and oxygen atoms in total. The van der Waals surface area contributed by atoms with E-state index in [1.54, 1.807) is 18.0 Å². The fourth-order valence-electron chi connectivity index (χ4n) is 2.54. The molecule has 0 radical (unpaired) electrons. The molecule has 4 heteroatoms. The first-order chi connectivity index (χ1) is 12.2. The minimum absolute atomic E-state index is 0.00615. The van der Waals surface area contributed by atoms with E-state index >= 15 is 0 Å². The summed E-state index contributed by atoms with van der Waals surface area (Å²) in [6, 6.07) is 25.4. The Morgan fingerprint density at radius 1 is 0.920 bits per heavy atom. The summed E-state index contributed by atoms with van der Waals surface area (Å²) in [5.74, 6) is -0.00615. The van der Waals surface area contributed by atoms with Crippen LogP contribution in [0.5, 0.6) is 0 Å². The zero-order valence-electron chi connectivity index (χ0n) is 14.0. The molecule has 0 aliphatic heterocycles. The number of benzene rings is 2. The van der Waals surface area contributed by atoms with Gasteiger partial charge in [-0.05, 0) is 36.8 Å². The summed E-state index contributed by atoms with van der Waals surface area (Å²) in [6.07, 6.45) is 1.75. The summed E-state index contributed by atoms with van der Waals surface area (Å²) in [5, 5.41) is 2.95. The van der Waals surface area contributed by atoms with Crippen LogP contribution in [0.4, 0.5) is 0 Å². The Balaban J connectivity index is 1.77. The molecule has 3 rings (SSSR count). The average molecular weight is 348 g/mol. The average Bonchev–Trinajstić information content (AvgIpc) is 2.68. The Bertz CT molecular complexity index is 754. The molecule has 0 bridgehead atoms. The number of carbonyl (C=O) groups excluding carboxylic acids is 1. The molecule has 0 fully saturated rings. The molecule has 2 aromatic carbocycles. The number of pyridine rings is 1. The van der Waals surface area contributed by atoms with Crippen molar-refractivity contribution in [2.75, 3.05) is 0 Å². The molecule has 0 aliphatic rings. The Kier molecular flexibility index (Phi) is 5.86. The Morgan fingerprint density at radius 3 is 2.20 bits per heavy atom. The maximum Gasteiger partial charge on any atom is 0.234 e. The van der Waals surface area contributed by atoms with E-state index in [-0.39, 0.29) is 17.2 Å². The second kappa shape index (κ2) is 8.49. The fraction of sp³-hybridized carbons (Fsp3) is 0.143. The fourth-order valence-corrected chi connectivity index (χ4v) is 3.43.